The zero-order valence-corrected chi connectivity index (χ0v) is 18.0. The molecule has 1 amide bonds. The first-order valence-electron chi connectivity index (χ1n) is 10.5. The summed E-state index contributed by atoms with van der Waals surface area (Å²) in [7, 11) is 0. The molecule has 0 saturated heterocycles. The van der Waals surface area contributed by atoms with Crippen LogP contribution in [0.5, 0.6) is 5.75 Å². The zero-order chi connectivity index (χ0) is 21.8. The summed E-state index contributed by atoms with van der Waals surface area (Å²) >= 11 is 0. The van der Waals surface area contributed by atoms with Crippen LogP contribution in [0.25, 0.3) is 22.6 Å². The number of amides is 1. The number of fused-ring (bicyclic) bond motifs is 1. The molecule has 5 nitrogen and oxygen atoms in total. The van der Waals surface area contributed by atoms with Gasteiger partial charge in [-0.25, -0.2) is 4.98 Å². The first-order chi connectivity index (χ1) is 15.0. The molecule has 0 spiro atoms. The predicted octanol–water partition coefficient (Wildman–Crippen LogP) is 6.33. The molecule has 0 fully saturated rings. The Bertz CT molecular complexity index is 1160. The highest BCUT2D eigenvalue weighted by molar-refractivity contribution is 5.93. The number of anilines is 1. The number of nitrogens with zero attached hydrogens (tertiary/aromatic N) is 1. The van der Waals surface area contributed by atoms with Crippen molar-refractivity contribution in [3.05, 3.63) is 77.9 Å². The van der Waals surface area contributed by atoms with Crippen LogP contribution in [0.15, 0.2) is 71.1 Å². The van der Waals surface area contributed by atoms with Gasteiger partial charge in [-0.15, -0.1) is 0 Å². The van der Waals surface area contributed by atoms with E-state index in [2.05, 4.69) is 36.3 Å². The summed E-state index contributed by atoms with van der Waals surface area (Å²) in [5, 5.41) is 2.93. The van der Waals surface area contributed by atoms with Gasteiger partial charge in [-0.1, -0.05) is 44.2 Å². The van der Waals surface area contributed by atoms with Gasteiger partial charge in [-0.2, -0.15) is 0 Å². The molecule has 1 aromatic heterocycles. The number of rotatable bonds is 7. The van der Waals surface area contributed by atoms with Gasteiger partial charge < -0.3 is 14.5 Å². The fraction of sp³-hybridized carbons (Fsp3) is 0.231. The van der Waals surface area contributed by atoms with E-state index in [-0.39, 0.29) is 12.5 Å². The van der Waals surface area contributed by atoms with Crippen molar-refractivity contribution in [2.24, 2.45) is 0 Å². The summed E-state index contributed by atoms with van der Waals surface area (Å²) < 4.78 is 11.5. The first kappa shape index (κ1) is 20.7. The molecule has 1 N–H and O–H groups in total. The largest absolute Gasteiger partial charge is 0.484 e. The number of para-hydroxylation sites is 2. The SMILES string of the molecule is CC[C@@H](C)c1ccc(OCC(=O)Nc2cc(-c3nc4ccccc4o3)ccc2C)cc1. The van der Waals surface area contributed by atoms with Crippen LogP contribution >= 0.6 is 0 Å². The van der Waals surface area contributed by atoms with Crippen LogP contribution in [0.1, 0.15) is 37.3 Å². The molecular weight excluding hydrogens is 388 g/mol. The number of aryl methyl sites for hydroxylation is 1. The van der Waals surface area contributed by atoms with Crippen LogP contribution in [0.2, 0.25) is 0 Å². The van der Waals surface area contributed by atoms with E-state index in [0.717, 1.165) is 28.6 Å². The molecular formula is C26H26N2O3. The number of hydrogen-bond acceptors (Lipinski definition) is 4. The van der Waals surface area contributed by atoms with Crippen molar-refractivity contribution >= 4 is 22.7 Å². The molecule has 0 aliphatic carbocycles. The van der Waals surface area contributed by atoms with E-state index in [1.165, 1.54) is 5.56 Å². The number of aromatic nitrogens is 1. The summed E-state index contributed by atoms with van der Waals surface area (Å²) in [5.41, 5.74) is 5.27. The minimum Gasteiger partial charge on any atom is -0.484 e. The standard InChI is InChI=1S/C26H26N2O3/c1-4-17(2)19-11-13-21(14-12-19)30-16-25(29)27-23-15-20(10-9-18(23)3)26-28-22-7-5-6-8-24(22)31-26/h5-15,17H,4,16H2,1-3H3,(H,27,29)/t17-/m1/s1. The highest BCUT2D eigenvalue weighted by atomic mass is 16.5. The average Bonchev–Trinajstić information content (AvgIpc) is 3.23. The predicted molar refractivity (Wildman–Crippen MR) is 123 cm³/mol. The molecule has 4 aromatic rings. The molecule has 158 valence electrons. The highest BCUT2D eigenvalue weighted by Gasteiger charge is 2.12. The lowest BCUT2D eigenvalue weighted by Gasteiger charge is -2.12. The van der Waals surface area contributed by atoms with Crippen molar-refractivity contribution in [1.29, 1.82) is 0 Å². The highest BCUT2D eigenvalue weighted by Crippen LogP contribution is 2.28. The number of carbonyl (C=O) groups excluding carboxylic acids is 1. The van der Waals surface area contributed by atoms with Crippen molar-refractivity contribution in [3.8, 4) is 17.2 Å². The maximum absolute atomic E-state index is 12.5. The maximum Gasteiger partial charge on any atom is 0.262 e. The fourth-order valence-electron chi connectivity index (χ4n) is 3.35. The molecule has 5 heteroatoms. The van der Waals surface area contributed by atoms with Crippen molar-refractivity contribution in [2.75, 3.05) is 11.9 Å². The summed E-state index contributed by atoms with van der Waals surface area (Å²) in [6, 6.07) is 21.3. The van der Waals surface area contributed by atoms with Gasteiger partial charge in [-0.05, 0) is 66.8 Å². The topological polar surface area (TPSA) is 64.4 Å². The lowest BCUT2D eigenvalue weighted by Crippen LogP contribution is -2.20. The second-order valence-corrected chi connectivity index (χ2v) is 7.73. The second kappa shape index (κ2) is 9.04. The molecule has 0 aliphatic rings. The molecule has 31 heavy (non-hydrogen) atoms. The van der Waals surface area contributed by atoms with Crippen molar-refractivity contribution in [3.63, 3.8) is 0 Å². The van der Waals surface area contributed by atoms with Crippen molar-refractivity contribution in [1.82, 2.24) is 4.98 Å². The van der Waals surface area contributed by atoms with Crippen LogP contribution in [0, 0.1) is 6.92 Å². The van der Waals surface area contributed by atoms with E-state index in [0.29, 0.717) is 23.2 Å². The molecule has 3 aromatic carbocycles. The van der Waals surface area contributed by atoms with Gasteiger partial charge in [-0.3, -0.25) is 4.79 Å². The van der Waals surface area contributed by atoms with Gasteiger partial charge in [0.1, 0.15) is 11.3 Å². The Morgan fingerprint density at radius 1 is 1.10 bits per heavy atom. The van der Waals surface area contributed by atoms with Gasteiger partial charge in [0.15, 0.2) is 12.2 Å². The summed E-state index contributed by atoms with van der Waals surface area (Å²) in [6.45, 7) is 6.25. The van der Waals surface area contributed by atoms with E-state index in [1.54, 1.807) is 0 Å². The molecule has 1 heterocycles. The van der Waals surface area contributed by atoms with Gasteiger partial charge in [0.25, 0.3) is 5.91 Å². The number of hydrogen-bond donors (Lipinski definition) is 1. The number of carbonyl (C=O) groups is 1. The molecule has 4 rings (SSSR count). The Hall–Kier alpha value is -3.60. The van der Waals surface area contributed by atoms with Gasteiger partial charge in [0.2, 0.25) is 5.89 Å². The minimum absolute atomic E-state index is 0.0603. The average molecular weight is 415 g/mol. The third-order valence-corrected chi connectivity index (χ3v) is 5.48. The maximum atomic E-state index is 12.5. The molecule has 0 radical (unpaired) electrons. The van der Waals surface area contributed by atoms with E-state index in [4.69, 9.17) is 9.15 Å². The number of benzene rings is 3. The molecule has 0 aliphatic heterocycles. The van der Waals surface area contributed by atoms with E-state index < -0.39 is 0 Å². The van der Waals surface area contributed by atoms with Crippen LogP contribution in [0.3, 0.4) is 0 Å². The molecule has 0 bridgehead atoms. The Labute approximate surface area is 182 Å². The van der Waals surface area contributed by atoms with Crippen LogP contribution < -0.4 is 10.1 Å². The van der Waals surface area contributed by atoms with E-state index in [1.807, 2.05) is 61.5 Å². The van der Waals surface area contributed by atoms with Crippen LogP contribution in [-0.4, -0.2) is 17.5 Å². The van der Waals surface area contributed by atoms with Crippen molar-refractivity contribution < 1.29 is 13.9 Å². The van der Waals surface area contributed by atoms with E-state index in [9.17, 15) is 4.79 Å². The third kappa shape index (κ3) is 4.77. The summed E-state index contributed by atoms with van der Waals surface area (Å²) in [5.74, 6) is 1.49. The number of ether oxygens (including phenoxy) is 1. The van der Waals surface area contributed by atoms with Gasteiger partial charge in [0.05, 0.1) is 0 Å². The Kier molecular flexibility index (Phi) is 6.03. The van der Waals surface area contributed by atoms with Crippen molar-refractivity contribution in [2.45, 2.75) is 33.1 Å². The van der Waals surface area contributed by atoms with Gasteiger partial charge in [0, 0.05) is 11.3 Å². The lowest BCUT2D eigenvalue weighted by molar-refractivity contribution is -0.118. The quantitative estimate of drug-likeness (QED) is 0.383. The normalized spacial score (nSPS) is 12.0. The fourth-order valence-corrected chi connectivity index (χ4v) is 3.35. The molecule has 0 saturated carbocycles. The summed E-state index contributed by atoms with van der Waals surface area (Å²) in [4.78, 5) is 17.0. The Morgan fingerprint density at radius 3 is 2.61 bits per heavy atom. The lowest BCUT2D eigenvalue weighted by atomic mass is 9.99. The van der Waals surface area contributed by atoms with Crippen LogP contribution in [-0.2, 0) is 4.79 Å². The van der Waals surface area contributed by atoms with Crippen LogP contribution in [0.4, 0.5) is 5.69 Å². The number of oxazole rings is 1. The molecule has 1 atom stereocenters. The Morgan fingerprint density at radius 2 is 1.87 bits per heavy atom. The Balaban J connectivity index is 1.42. The first-order valence-corrected chi connectivity index (χ1v) is 10.5. The van der Waals surface area contributed by atoms with Gasteiger partial charge >= 0.3 is 0 Å². The minimum atomic E-state index is -0.219. The smallest absolute Gasteiger partial charge is 0.262 e. The second-order valence-electron chi connectivity index (χ2n) is 7.73. The van der Waals surface area contributed by atoms with E-state index >= 15 is 0 Å². The monoisotopic (exact) mass is 414 g/mol. The third-order valence-electron chi connectivity index (χ3n) is 5.48. The summed E-state index contributed by atoms with van der Waals surface area (Å²) in [6.07, 6.45) is 1.09. The number of nitrogens with one attached hydrogen (secondary N) is 1. The molecule has 0 unspecified atom stereocenters. The zero-order valence-electron chi connectivity index (χ0n) is 18.0.